The van der Waals surface area contributed by atoms with Gasteiger partial charge in [0.1, 0.15) is 5.52 Å². The summed E-state index contributed by atoms with van der Waals surface area (Å²) in [5.74, 6) is 0. The molecule has 0 saturated heterocycles. The van der Waals surface area contributed by atoms with E-state index < -0.39 is 0 Å². The number of benzene rings is 2. The van der Waals surface area contributed by atoms with E-state index in [4.69, 9.17) is 5.73 Å². The van der Waals surface area contributed by atoms with Gasteiger partial charge in [0.05, 0.1) is 11.2 Å². The molecule has 4 nitrogen and oxygen atoms in total. The molecule has 0 amide bonds. The first-order valence-corrected chi connectivity index (χ1v) is 6.40. The second-order valence-electron chi connectivity index (χ2n) is 4.80. The van der Waals surface area contributed by atoms with Crippen LogP contribution in [0.25, 0.3) is 16.7 Å². The van der Waals surface area contributed by atoms with Crippen molar-refractivity contribution in [2.24, 2.45) is 5.73 Å². The molecule has 3 aromatic rings. The molecular formula is C15H16N4. The van der Waals surface area contributed by atoms with Gasteiger partial charge in [-0.2, -0.15) is 0 Å². The van der Waals surface area contributed by atoms with Crippen molar-refractivity contribution in [1.29, 1.82) is 0 Å². The van der Waals surface area contributed by atoms with Crippen LogP contribution in [0.5, 0.6) is 0 Å². The van der Waals surface area contributed by atoms with E-state index in [0.29, 0.717) is 0 Å². The van der Waals surface area contributed by atoms with Crippen LogP contribution in [0.15, 0.2) is 48.5 Å². The molecule has 19 heavy (non-hydrogen) atoms. The number of nitrogens with zero attached hydrogens (tertiary/aromatic N) is 3. The largest absolute Gasteiger partial charge is 0.328 e. The summed E-state index contributed by atoms with van der Waals surface area (Å²) in [6.07, 6.45) is 0.824. The van der Waals surface area contributed by atoms with Crippen LogP contribution in [0.1, 0.15) is 12.5 Å². The second kappa shape index (κ2) is 4.82. The lowest BCUT2D eigenvalue weighted by Gasteiger charge is -2.11. The van der Waals surface area contributed by atoms with E-state index in [1.54, 1.807) is 0 Å². The molecule has 96 valence electrons. The van der Waals surface area contributed by atoms with Crippen LogP contribution in [0.4, 0.5) is 0 Å². The minimum Gasteiger partial charge on any atom is -0.328 e. The molecule has 1 unspecified atom stereocenters. The van der Waals surface area contributed by atoms with Crippen LogP contribution in [0, 0.1) is 0 Å². The summed E-state index contributed by atoms with van der Waals surface area (Å²) < 4.78 is 1.88. The van der Waals surface area contributed by atoms with E-state index in [-0.39, 0.29) is 6.04 Å². The Labute approximate surface area is 111 Å². The van der Waals surface area contributed by atoms with Crippen molar-refractivity contribution in [3.63, 3.8) is 0 Å². The van der Waals surface area contributed by atoms with Crippen LogP contribution in [-0.4, -0.2) is 21.0 Å². The Hall–Kier alpha value is -2.20. The van der Waals surface area contributed by atoms with Crippen LogP contribution in [0.2, 0.25) is 0 Å². The Bertz CT molecular complexity index is 700. The van der Waals surface area contributed by atoms with Crippen molar-refractivity contribution in [3.05, 3.63) is 54.1 Å². The van der Waals surface area contributed by atoms with Crippen molar-refractivity contribution in [1.82, 2.24) is 15.0 Å². The van der Waals surface area contributed by atoms with Gasteiger partial charge >= 0.3 is 0 Å². The molecule has 4 heteroatoms. The molecule has 0 aliphatic heterocycles. The van der Waals surface area contributed by atoms with Gasteiger partial charge in [0.2, 0.25) is 0 Å². The summed E-state index contributed by atoms with van der Waals surface area (Å²) in [6.45, 7) is 2.01. The maximum atomic E-state index is 5.91. The van der Waals surface area contributed by atoms with Crippen LogP contribution >= 0.6 is 0 Å². The van der Waals surface area contributed by atoms with Crippen molar-refractivity contribution in [3.8, 4) is 5.69 Å². The van der Waals surface area contributed by atoms with E-state index in [2.05, 4.69) is 22.4 Å². The zero-order valence-electron chi connectivity index (χ0n) is 10.8. The summed E-state index contributed by atoms with van der Waals surface area (Å²) >= 11 is 0. The Balaban J connectivity index is 2.16. The van der Waals surface area contributed by atoms with Gasteiger partial charge in [0.25, 0.3) is 0 Å². The monoisotopic (exact) mass is 252 g/mol. The molecule has 2 aromatic carbocycles. The molecule has 0 saturated carbocycles. The fourth-order valence-corrected chi connectivity index (χ4v) is 2.28. The minimum atomic E-state index is 0.121. The summed E-state index contributed by atoms with van der Waals surface area (Å²) in [5, 5.41) is 8.46. The summed E-state index contributed by atoms with van der Waals surface area (Å²) in [5.41, 5.74) is 10.1. The molecule has 0 spiro atoms. The highest BCUT2D eigenvalue weighted by atomic mass is 15.4. The lowest BCUT2D eigenvalue weighted by atomic mass is 10.1. The predicted octanol–water partition coefficient (Wildman–Crippen LogP) is 2.31. The quantitative estimate of drug-likeness (QED) is 0.778. The van der Waals surface area contributed by atoms with E-state index >= 15 is 0 Å². The van der Waals surface area contributed by atoms with E-state index in [0.717, 1.165) is 23.1 Å². The first-order chi connectivity index (χ1) is 9.25. The molecular weight excluding hydrogens is 236 g/mol. The number of hydrogen-bond donors (Lipinski definition) is 1. The number of hydrogen-bond acceptors (Lipinski definition) is 3. The summed E-state index contributed by atoms with van der Waals surface area (Å²) in [7, 11) is 0. The Morgan fingerprint density at radius 3 is 2.68 bits per heavy atom. The normalized spacial score (nSPS) is 12.7. The van der Waals surface area contributed by atoms with Gasteiger partial charge in [-0.1, -0.05) is 35.5 Å². The second-order valence-corrected chi connectivity index (χ2v) is 4.80. The van der Waals surface area contributed by atoms with Gasteiger partial charge < -0.3 is 5.73 Å². The third kappa shape index (κ3) is 2.22. The van der Waals surface area contributed by atoms with Gasteiger partial charge in [-0.05, 0) is 37.1 Å². The summed E-state index contributed by atoms with van der Waals surface area (Å²) in [4.78, 5) is 0. The maximum absolute atomic E-state index is 5.91. The van der Waals surface area contributed by atoms with Gasteiger partial charge in [0.15, 0.2) is 0 Å². The molecule has 1 atom stereocenters. The zero-order chi connectivity index (χ0) is 13.2. The molecule has 2 N–H and O–H groups in total. The van der Waals surface area contributed by atoms with Crippen LogP contribution in [-0.2, 0) is 6.42 Å². The molecule has 3 rings (SSSR count). The fraction of sp³-hybridized carbons (Fsp3) is 0.200. The van der Waals surface area contributed by atoms with Crippen molar-refractivity contribution < 1.29 is 0 Å². The van der Waals surface area contributed by atoms with Gasteiger partial charge in [-0.3, -0.25) is 0 Å². The van der Waals surface area contributed by atoms with Gasteiger partial charge in [-0.25, -0.2) is 4.68 Å². The average Bonchev–Trinajstić information content (AvgIpc) is 2.82. The molecule has 0 fully saturated rings. The molecule has 0 radical (unpaired) electrons. The third-order valence-corrected chi connectivity index (χ3v) is 3.11. The maximum Gasteiger partial charge on any atom is 0.113 e. The molecule has 0 bridgehead atoms. The SMILES string of the molecule is CC(N)Cc1ccccc1-n1nnc2ccccc21. The molecule has 1 heterocycles. The summed E-state index contributed by atoms with van der Waals surface area (Å²) in [6, 6.07) is 16.3. The van der Waals surface area contributed by atoms with Crippen LogP contribution in [0.3, 0.4) is 0 Å². The smallest absolute Gasteiger partial charge is 0.113 e. The Morgan fingerprint density at radius 2 is 1.84 bits per heavy atom. The highest BCUT2D eigenvalue weighted by Crippen LogP contribution is 2.20. The predicted molar refractivity (Wildman–Crippen MR) is 76.2 cm³/mol. The first kappa shape index (κ1) is 11.9. The highest BCUT2D eigenvalue weighted by molar-refractivity contribution is 5.76. The third-order valence-electron chi connectivity index (χ3n) is 3.11. The van der Waals surface area contributed by atoms with Crippen molar-refractivity contribution in [2.75, 3.05) is 0 Å². The topological polar surface area (TPSA) is 56.7 Å². The Kier molecular flexibility index (Phi) is 3.01. The van der Waals surface area contributed by atoms with Gasteiger partial charge in [0, 0.05) is 6.04 Å². The first-order valence-electron chi connectivity index (χ1n) is 6.40. The number of rotatable bonds is 3. The van der Waals surface area contributed by atoms with Crippen LogP contribution < -0.4 is 5.73 Å². The average molecular weight is 252 g/mol. The van der Waals surface area contributed by atoms with E-state index in [1.807, 2.05) is 48.0 Å². The van der Waals surface area contributed by atoms with E-state index in [1.165, 1.54) is 5.56 Å². The molecule has 0 aliphatic carbocycles. The number of para-hydroxylation sites is 2. The molecule has 0 aliphatic rings. The van der Waals surface area contributed by atoms with Gasteiger partial charge in [-0.15, -0.1) is 5.10 Å². The number of aromatic nitrogens is 3. The lowest BCUT2D eigenvalue weighted by Crippen LogP contribution is -2.19. The van der Waals surface area contributed by atoms with E-state index in [9.17, 15) is 0 Å². The number of nitrogens with two attached hydrogens (primary N) is 1. The fourth-order valence-electron chi connectivity index (χ4n) is 2.28. The minimum absolute atomic E-state index is 0.121. The van der Waals surface area contributed by atoms with Crippen molar-refractivity contribution in [2.45, 2.75) is 19.4 Å². The molecule has 1 aromatic heterocycles. The Morgan fingerprint density at radius 1 is 1.11 bits per heavy atom. The lowest BCUT2D eigenvalue weighted by molar-refractivity contribution is 0.724. The zero-order valence-corrected chi connectivity index (χ0v) is 10.8. The number of fused-ring (bicyclic) bond motifs is 1. The highest BCUT2D eigenvalue weighted by Gasteiger charge is 2.10. The van der Waals surface area contributed by atoms with Crippen molar-refractivity contribution >= 4 is 11.0 Å². The standard InChI is InChI=1S/C15H16N4/c1-11(16)10-12-6-2-4-8-14(12)19-15-9-5-3-7-13(15)17-18-19/h2-9,11H,10,16H2,1H3.